The van der Waals surface area contributed by atoms with Gasteiger partial charge in [-0.3, -0.25) is 4.79 Å². The molecule has 0 aromatic carbocycles. The van der Waals surface area contributed by atoms with Crippen LogP contribution in [0.25, 0.3) is 0 Å². The molecule has 1 saturated heterocycles. The molecule has 20 heavy (non-hydrogen) atoms. The molecule has 2 rings (SSSR count). The van der Waals surface area contributed by atoms with Crippen LogP contribution >= 0.6 is 0 Å². The van der Waals surface area contributed by atoms with Crippen LogP contribution in [0.15, 0.2) is 0 Å². The third-order valence-electron chi connectivity index (χ3n) is 3.59. The molecule has 1 aliphatic carbocycles. The smallest absolute Gasteiger partial charge is 0.347 e. The Kier molecular flexibility index (Phi) is 4.29. The summed E-state index contributed by atoms with van der Waals surface area (Å²) >= 11 is 0. The van der Waals surface area contributed by atoms with E-state index in [1.165, 1.54) is 4.31 Å². The highest BCUT2D eigenvalue weighted by Gasteiger charge is 2.42. The summed E-state index contributed by atoms with van der Waals surface area (Å²) < 4.78 is 61.3. The van der Waals surface area contributed by atoms with Crippen molar-refractivity contribution in [2.24, 2.45) is 5.92 Å². The van der Waals surface area contributed by atoms with Gasteiger partial charge in [0.25, 0.3) is 0 Å². The number of rotatable bonds is 4. The first-order valence-electron chi connectivity index (χ1n) is 6.53. The van der Waals surface area contributed by atoms with Crippen LogP contribution in [0.5, 0.6) is 0 Å². The van der Waals surface area contributed by atoms with E-state index in [-0.39, 0.29) is 31.2 Å². The first-order valence-corrected chi connectivity index (χ1v) is 8.04. The van der Waals surface area contributed by atoms with Crippen molar-refractivity contribution in [2.75, 3.05) is 19.6 Å². The van der Waals surface area contributed by atoms with Gasteiger partial charge in [-0.15, -0.1) is 0 Å². The summed E-state index contributed by atoms with van der Waals surface area (Å²) in [6, 6.07) is 0. The van der Waals surface area contributed by atoms with Crippen molar-refractivity contribution in [2.45, 2.75) is 37.1 Å². The summed E-state index contributed by atoms with van der Waals surface area (Å²) in [5, 5.41) is 1.56. The molecule has 0 bridgehead atoms. The summed E-state index contributed by atoms with van der Waals surface area (Å²) in [5.74, 6) is -1.19. The van der Waals surface area contributed by atoms with Gasteiger partial charge in [0.2, 0.25) is 15.9 Å². The monoisotopic (exact) mass is 314 g/mol. The van der Waals surface area contributed by atoms with Gasteiger partial charge in [0.15, 0.2) is 0 Å². The Morgan fingerprint density at radius 1 is 1.15 bits per heavy atom. The lowest BCUT2D eigenvalue weighted by Gasteiger charge is -2.30. The molecule has 5 nitrogen and oxygen atoms in total. The van der Waals surface area contributed by atoms with Crippen LogP contribution in [0.1, 0.15) is 25.7 Å². The predicted molar refractivity (Wildman–Crippen MR) is 65.3 cm³/mol. The van der Waals surface area contributed by atoms with E-state index in [0.29, 0.717) is 12.8 Å². The second kappa shape index (κ2) is 5.51. The molecular weight excluding hydrogens is 297 g/mol. The second-order valence-electron chi connectivity index (χ2n) is 5.25. The number of amides is 1. The molecule has 0 aromatic heterocycles. The summed E-state index contributed by atoms with van der Waals surface area (Å²) in [7, 11) is -3.25. The Bertz CT molecular complexity index is 466. The largest absolute Gasteiger partial charge is 0.405 e. The van der Waals surface area contributed by atoms with Crippen molar-refractivity contribution >= 4 is 15.9 Å². The number of carbonyl (C=O) groups is 1. The van der Waals surface area contributed by atoms with E-state index in [0.717, 1.165) is 0 Å². The fourth-order valence-corrected chi connectivity index (χ4v) is 4.15. The minimum Gasteiger partial charge on any atom is -0.347 e. The standard InChI is InChI=1S/C11H17F3N2O3S/c12-11(13,14)7-15-10(17)8-3-5-16(6-4-8)20(18,19)9-1-2-9/h8-9H,1-7H2,(H,15,17). The quantitative estimate of drug-likeness (QED) is 0.837. The molecular formula is C11H17F3N2O3S. The van der Waals surface area contributed by atoms with Crippen LogP contribution in [-0.4, -0.2) is 49.7 Å². The van der Waals surface area contributed by atoms with Crippen LogP contribution in [0.2, 0.25) is 0 Å². The average Bonchev–Trinajstić information content (AvgIpc) is 3.19. The Balaban J connectivity index is 1.80. The van der Waals surface area contributed by atoms with Crippen LogP contribution in [0.3, 0.4) is 0 Å². The Hall–Kier alpha value is -0.830. The molecule has 0 radical (unpaired) electrons. The van der Waals surface area contributed by atoms with E-state index < -0.39 is 34.6 Å². The SMILES string of the molecule is O=C(NCC(F)(F)F)C1CCN(S(=O)(=O)C2CC2)CC1. The Morgan fingerprint density at radius 2 is 1.70 bits per heavy atom. The number of alkyl halides is 3. The minimum absolute atomic E-state index is 0.211. The van der Waals surface area contributed by atoms with Crippen molar-refractivity contribution in [3.63, 3.8) is 0 Å². The molecule has 0 aromatic rings. The summed E-state index contributed by atoms with van der Waals surface area (Å²) in [6.45, 7) is -0.918. The van der Waals surface area contributed by atoms with Gasteiger partial charge >= 0.3 is 6.18 Å². The van der Waals surface area contributed by atoms with Crippen LogP contribution in [0.4, 0.5) is 13.2 Å². The maximum atomic E-state index is 12.0. The van der Waals surface area contributed by atoms with Crippen molar-refractivity contribution in [3.05, 3.63) is 0 Å². The van der Waals surface area contributed by atoms with Crippen LogP contribution in [0, 0.1) is 5.92 Å². The summed E-state index contributed by atoms with van der Waals surface area (Å²) in [5.41, 5.74) is 0. The molecule has 1 aliphatic heterocycles. The zero-order valence-corrected chi connectivity index (χ0v) is 11.6. The van der Waals surface area contributed by atoms with E-state index in [4.69, 9.17) is 0 Å². The lowest BCUT2D eigenvalue weighted by Crippen LogP contribution is -2.45. The summed E-state index contributed by atoms with van der Waals surface area (Å²) in [6.07, 6.45) is -2.53. The minimum atomic E-state index is -4.42. The molecule has 2 aliphatic rings. The van der Waals surface area contributed by atoms with Crippen LogP contribution < -0.4 is 5.32 Å². The van der Waals surface area contributed by atoms with E-state index in [9.17, 15) is 26.4 Å². The second-order valence-corrected chi connectivity index (χ2v) is 7.46. The number of hydrogen-bond donors (Lipinski definition) is 1. The maximum absolute atomic E-state index is 12.0. The number of nitrogens with one attached hydrogen (secondary N) is 1. The molecule has 9 heteroatoms. The highest BCUT2D eigenvalue weighted by atomic mass is 32.2. The molecule has 2 fully saturated rings. The lowest BCUT2D eigenvalue weighted by molar-refractivity contribution is -0.141. The number of nitrogens with zero attached hydrogens (tertiary/aromatic N) is 1. The van der Waals surface area contributed by atoms with Crippen molar-refractivity contribution < 1.29 is 26.4 Å². The highest BCUT2D eigenvalue weighted by molar-refractivity contribution is 7.90. The number of halogens is 3. The number of carbonyl (C=O) groups excluding carboxylic acids is 1. The Morgan fingerprint density at radius 3 is 2.15 bits per heavy atom. The zero-order chi connectivity index (χ0) is 15.0. The first kappa shape index (κ1) is 15.6. The van der Waals surface area contributed by atoms with Gasteiger partial charge in [-0.05, 0) is 25.7 Å². The maximum Gasteiger partial charge on any atom is 0.405 e. The predicted octanol–water partition coefficient (Wildman–Crippen LogP) is 0.869. The van der Waals surface area contributed by atoms with Crippen molar-refractivity contribution in [1.29, 1.82) is 0 Å². The van der Waals surface area contributed by atoms with E-state index in [1.54, 1.807) is 0 Å². The van der Waals surface area contributed by atoms with Crippen molar-refractivity contribution in [1.82, 2.24) is 9.62 Å². The third kappa shape index (κ3) is 3.85. The van der Waals surface area contributed by atoms with Gasteiger partial charge in [0, 0.05) is 19.0 Å². The molecule has 0 unspecified atom stereocenters. The lowest BCUT2D eigenvalue weighted by atomic mass is 9.97. The van der Waals surface area contributed by atoms with Crippen LogP contribution in [-0.2, 0) is 14.8 Å². The zero-order valence-electron chi connectivity index (χ0n) is 10.8. The van der Waals surface area contributed by atoms with E-state index in [1.807, 2.05) is 5.32 Å². The number of sulfonamides is 1. The molecule has 1 heterocycles. The normalized spacial score (nSPS) is 22.8. The van der Waals surface area contributed by atoms with Gasteiger partial charge in [0.1, 0.15) is 6.54 Å². The van der Waals surface area contributed by atoms with E-state index >= 15 is 0 Å². The van der Waals surface area contributed by atoms with Crippen molar-refractivity contribution in [3.8, 4) is 0 Å². The van der Waals surface area contributed by atoms with E-state index in [2.05, 4.69) is 0 Å². The fourth-order valence-electron chi connectivity index (χ4n) is 2.28. The molecule has 1 saturated carbocycles. The van der Waals surface area contributed by atoms with Gasteiger partial charge in [-0.1, -0.05) is 0 Å². The number of piperidine rings is 1. The molecule has 1 N–H and O–H groups in total. The third-order valence-corrected chi connectivity index (χ3v) is 5.99. The molecule has 0 spiro atoms. The number of hydrogen-bond acceptors (Lipinski definition) is 3. The Labute approximate surface area is 115 Å². The average molecular weight is 314 g/mol. The van der Waals surface area contributed by atoms with Gasteiger partial charge in [-0.2, -0.15) is 13.2 Å². The topological polar surface area (TPSA) is 66.5 Å². The summed E-state index contributed by atoms with van der Waals surface area (Å²) in [4.78, 5) is 11.6. The molecule has 116 valence electrons. The van der Waals surface area contributed by atoms with Gasteiger partial charge in [-0.25, -0.2) is 12.7 Å². The molecule has 0 atom stereocenters. The fraction of sp³-hybridized carbons (Fsp3) is 0.909. The van der Waals surface area contributed by atoms with Gasteiger partial charge < -0.3 is 5.32 Å². The first-order chi connectivity index (χ1) is 9.20. The highest BCUT2D eigenvalue weighted by Crippen LogP contribution is 2.33. The molecule has 1 amide bonds. The van der Waals surface area contributed by atoms with Gasteiger partial charge in [0.05, 0.1) is 5.25 Å².